The van der Waals surface area contributed by atoms with Crippen molar-refractivity contribution < 1.29 is 4.42 Å². The maximum atomic E-state index is 6.36. The van der Waals surface area contributed by atoms with Crippen LogP contribution in [0.25, 0.3) is 76.9 Å². The first-order valence-electron chi connectivity index (χ1n) is 17.8. The lowest BCUT2D eigenvalue weighted by Crippen LogP contribution is -2.11. The highest BCUT2D eigenvalue weighted by molar-refractivity contribution is 6.16. The number of benzene rings is 9. The lowest BCUT2D eigenvalue weighted by Gasteiger charge is -2.28. The van der Waals surface area contributed by atoms with E-state index in [0.29, 0.717) is 0 Å². The van der Waals surface area contributed by atoms with Crippen molar-refractivity contribution in [3.8, 4) is 33.4 Å². The van der Waals surface area contributed by atoms with E-state index in [1.165, 1.54) is 49.4 Å². The van der Waals surface area contributed by atoms with Gasteiger partial charge in [0.1, 0.15) is 11.2 Å². The molecular weight excluding hydrogens is 631 g/mol. The molecule has 10 aromatic rings. The predicted molar refractivity (Wildman–Crippen MR) is 220 cm³/mol. The highest BCUT2D eigenvalue weighted by Gasteiger charge is 2.20. The number of anilines is 3. The second-order valence-electron chi connectivity index (χ2n) is 13.3. The molecule has 10 rings (SSSR count). The van der Waals surface area contributed by atoms with E-state index in [1.54, 1.807) is 0 Å². The van der Waals surface area contributed by atoms with E-state index >= 15 is 0 Å². The maximum Gasteiger partial charge on any atom is 0.136 e. The number of hydrogen-bond donors (Lipinski definition) is 0. The van der Waals surface area contributed by atoms with Gasteiger partial charge in [0.05, 0.1) is 5.69 Å². The molecule has 0 aliphatic rings. The molecule has 0 saturated carbocycles. The Hall–Kier alpha value is -6.90. The first kappa shape index (κ1) is 30.0. The summed E-state index contributed by atoms with van der Waals surface area (Å²) in [5.74, 6) is 0. The smallest absolute Gasteiger partial charge is 0.136 e. The zero-order valence-corrected chi connectivity index (χ0v) is 28.4. The molecule has 0 atom stereocenters. The predicted octanol–water partition coefficient (Wildman–Crippen LogP) is 14.4. The van der Waals surface area contributed by atoms with Crippen molar-refractivity contribution >= 4 is 60.5 Å². The summed E-state index contributed by atoms with van der Waals surface area (Å²) in [6.45, 7) is 0. The van der Waals surface area contributed by atoms with E-state index < -0.39 is 0 Å². The van der Waals surface area contributed by atoms with Gasteiger partial charge < -0.3 is 9.32 Å². The highest BCUT2D eigenvalue weighted by atomic mass is 16.3. The summed E-state index contributed by atoms with van der Waals surface area (Å²) in [5, 5.41) is 7.04. The Balaban J connectivity index is 1.16. The van der Waals surface area contributed by atoms with Gasteiger partial charge in [-0.05, 0) is 104 Å². The molecule has 0 spiro atoms. The van der Waals surface area contributed by atoms with Gasteiger partial charge >= 0.3 is 0 Å². The Morgan fingerprint density at radius 1 is 0.308 bits per heavy atom. The first-order chi connectivity index (χ1) is 25.8. The van der Waals surface area contributed by atoms with Crippen LogP contribution in [-0.2, 0) is 0 Å². The molecule has 0 unspecified atom stereocenters. The third kappa shape index (κ3) is 5.12. The maximum absolute atomic E-state index is 6.36. The molecule has 0 saturated heterocycles. The van der Waals surface area contributed by atoms with Crippen molar-refractivity contribution in [3.63, 3.8) is 0 Å². The van der Waals surface area contributed by atoms with Crippen LogP contribution in [0.15, 0.2) is 205 Å². The molecule has 0 amide bonds. The zero-order chi connectivity index (χ0) is 34.4. The Bertz CT molecular complexity index is 2910. The van der Waals surface area contributed by atoms with Crippen molar-refractivity contribution in [1.29, 1.82) is 0 Å². The molecule has 9 aromatic carbocycles. The molecule has 244 valence electrons. The fraction of sp³-hybridized carbons (Fsp3) is 0. The summed E-state index contributed by atoms with van der Waals surface area (Å²) in [6, 6.07) is 71.8. The topological polar surface area (TPSA) is 16.4 Å². The van der Waals surface area contributed by atoms with Crippen molar-refractivity contribution in [2.24, 2.45) is 0 Å². The van der Waals surface area contributed by atoms with Crippen LogP contribution >= 0.6 is 0 Å². The Kier molecular flexibility index (Phi) is 7.18. The molecule has 0 N–H and O–H groups in total. The number of nitrogens with zero attached hydrogens (tertiary/aromatic N) is 1. The number of fused-ring (bicyclic) bond motifs is 6. The number of furan rings is 1. The minimum atomic E-state index is 0.907. The minimum absolute atomic E-state index is 0.907. The average molecular weight is 664 g/mol. The van der Waals surface area contributed by atoms with E-state index in [1.807, 2.05) is 12.1 Å². The van der Waals surface area contributed by atoms with Gasteiger partial charge in [-0.2, -0.15) is 0 Å². The van der Waals surface area contributed by atoms with Crippen molar-refractivity contribution in [2.75, 3.05) is 4.90 Å². The minimum Gasteiger partial charge on any atom is -0.456 e. The molecule has 0 bridgehead atoms. The van der Waals surface area contributed by atoms with Gasteiger partial charge in [-0.3, -0.25) is 0 Å². The standard InChI is InChI=1S/C50H33NO/c1-3-14-34(15-4-1)36-16-13-17-37(30-36)41-20-7-8-21-42(41)43-22-9-11-24-48(43)51(39-18-5-2-6-19-39)40-29-28-35-26-27-38-31-47-44-23-10-12-25-49(44)52-50(47)33-46(38)45(35)32-40/h1-33H. The summed E-state index contributed by atoms with van der Waals surface area (Å²) < 4.78 is 6.36. The van der Waals surface area contributed by atoms with E-state index in [-0.39, 0.29) is 0 Å². The molecule has 52 heavy (non-hydrogen) atoms. The number of rotatable bonds is 6. The van der Waals surface area contributed by atoms with Crippen molar-refractivity contribution in [2.45, 2.75) is 0 Å². The summed E-state index contributed by atoms with van der Waals surface area (Å²) in [7, 11) is 0. The largest absolute Gasteiger partial charge is 0.456 e. The lowest BCUT2D eigenvalue weighted by atomic mass is 9.91. The lowest BCUT2D eigenvalue weighted by molar-refractivity contribution is 0.669. The van der Waals surface area contributed by atoms with Crippen LogP contribution in [0, 0.1) is 0 Å². The molecule has 2 nitrogen and oxygen atoms in total. The van der Waals surface area contributed by atoms with Gasteiger partial charge in [0.2, 0.25) is 0 Å². The normalized spacial score (nSPS) is 11.5. The molecule has 0 fully saturated rings. The first-order valence-corrected chi connectivity index (χ1v) is 17.8. The summed E-state index contributed by atoms with van der Waals surface area (Å²) >= 11 is 0. The second kappa shape index (κ2) is 12.5. The molecular formula is C50H33NO. The molecule has 0 radical (unpaired) electrons. The summed E-state index contributed by atoms with van der Waals surface area (Å²) in [6.07, 6.45) is 0. The van der Waals surface area contributed by atoms with Crippen LogP contribution in [-0.4, -0.2) is 0 Å². The molecule has 2 heteroatoms. The SMILES string of the molecule is c1ccc(-c2cccc(-c3ccccc3-c3ccccc3N(c3ccccc3)c3ccc4ccc5cc6c(cc5c4c3)oc3ccccc36)c2)cc1. The van der Waals surface area contributed by atoms with E-state index in [9.17, 15) is 0 Å². The third-order valence-electron chi connectivity index (χ3n) is 10.2. The van der Waals surface area contributed by atoms with Crippen LogP contribution in [0.5, 0.6) is 0 Å². The Morgan fingerprint density at radius 2 is 0.942 bits per heavy atom. The van der Waals surface area contributed by atoms with Crippen molar-refractivity contribution in [3.05, 3.63) is 200 Å². The molecule has 0 aliphatic carbocycles. The second-order valence-corrected chi connectivity index (χ2v) is 13.3. The summed E-state index contributed by atoms with van der Waals surface area (Å²) in [5.41, 5.74) is 12.3. The van der Waals surface area contributed by atoms with Gasteiger partial charge in [0, 0.05) is 27.7 Å². The van der Waals surface area contributed by atoms with E-state index in [2.05, 4.69) is 193 Å². The Labute approximate surface area is 302 Å². The van der Waals surface area contributed by atoms with Gasteiger partial charge in [-0.1, -0.05) is 146 Å². The van der Waals surface area contributed by atoms with Gasteiger partial charge in [-0.25, -0.2) is 0 Å². The van der Waals surface area contributed by atoms with Crippen molar-refractivity contribution in [1.82, 2.24) is 0 Å². The van der Waals surface area contributed by atoms with Gasteiger partial charge in [0.15, 0.2) is 0 Å². The quantitative estimate of drug-likeness (QED) is 0.165. The third-order valence-corrected chi connectivity index (χ3v) is 10.2. The van der Waals surface area contributed by atoms with Crippen LogP contribution in [0.4, 0.5) is 17.1 Å². The van der Waals surface area contributed by atoms with E-state index in [4.69, 9.17) is 4.42 Å². The fourth-order valence-electron chi connectivity index (χ4n) is 7.77. The molecule has 1 aromatic heterocycles. The molecule has 0 aliphatic heterocycles. The van der Waals surface area contributed by atoms with Crippen LogP contribution in [0.3, 0.4) is 0 Å². The van der Waals surface area contributed by atoms with Gasteiger partial charge in [0.25, 0.3) is 0 Å². The van der Waals surface area contributed by atoms with Gasteiger partial charge in [-0.15, -0.1) is 0 Å². The van der Waals surface area contributed by atoms with E-state index in [0.717, 1.165) is 44.6 Å². The Morgan fingerprint density at radius 3 is 1.81 bits per heavy atom. The number of para-hydroxylation sites is 3. The van der Waals surface area contributed by atoms with Crippen LogP contribution < -0.4 is 4.90 Å². The molecule has 1 heterocycles. The monoisotopic (exact) mass is 663 g/mol. The fourth-order valence-corrected chi connectivity index (χ4v) is 7.77. The highest BCUT2D eigenvalue weighted by Crippen LogP contribution is 2.45. The average Bonchev–Trinajstić information content (AvgIpc) is 3.58. The zero-order valence-electron chi connectivity index (χ0n) is 28.4. The number of hydrogen-bond acceptors (Lipinski definition) is 2. The summed E-state index contributed by atoms with van der Waals surface area (Å²) in [4.78, 5) is 2.39. The van der Waals surface area contributed by atoms with Crippen LogP contribution in [0.1, 0.15) is 0 Å². The van der Waals surface area contributed by atoms with Crippen LogP contribution in [0.2, 0.25) is 0 Å².